The summed E-state index contributed by atoms with van der Waals surface area (Å²) in [6, 6.07) is 9.96. The van der Waals surface area contributed by atoms with Crippen LogP contribution in [0.25, 0.3) is 0 Å². The molecule has 3 rings (SSSR count). The molecule has 0 radical (unpaired) electrons. The zero-order chi connectivity index (χ0) is 17.1. The molecular formula is C17H15F2N3O2. The average molecular weight is 331 g/mol. The van der Waals surface area contributed by atoms with E-state index in [-0.39, 0.29) is 17.4 Å². The second kappa shape index (κ2) is 6.66. The number of urea groups is 1. The molecule has 1 heterocycles. The normalized spacial score (nSPS) is 17.0. The van der Waals surface area contributed by atoms with Gasteiger partial charge in [0.25, 0.3) is 0 Å². The highest BCUT2D eigenvalue weighted by Gasteiger charge is 2.33. The molecule has 5 nitrogen and oxygen atoms in total. The molecule has 0 bridgehead atoms. The Morgan fingerprint density at radius 2 is 1.79 bits per heavy atom. The lowest BCUT2D eigenvalue weighted by molar-refractivity contribution is -0.118. The first-order valence-corrected chi connectivity index (χ1v) is 7.43. The Balaban J connectivity index is 1.62. The number of nitrogens with zero attached hydrogens (tertiary/aromatic N) is 1. The minimum atomic E-state index is -0.707. The van der Waals surface area contributed by atoms with E-state index in [2.05, 4.69) is 10.6 Å². The van der Waals surface area contributed by atoms with E-state index in [1.54, 1.807) is 6.07 Å². The van der Waals surface area contributed by atoms with Gasteiger partial charge < -0.3 is 15.5 Å². The lowest BCUT2D eigenvalue weighted by Crippen LogP contribution is -2.43. The number of para-hydroxylation sites is 1. The second-order valence-electron chi connectivity index (χ2n) is 5.39. The van der Waals surface area contributed by atoms with Crippen LogP contribution < -0.4 is 15.5 Å². The maximum Gasteiger partial charge on any atom is 0.319 e. The maximum absolute atomic E-state index is 13.5. The number of nitrogens with one attached hydrogen (secondary N) is 2. The van der Waals surface area contributed by atoms with Gasteiger partial charge in [0, 0.05) is 12.2 Å². The van der Waals surface area contributed by atoms with E-state index in [1.807, 2.05) is 0 Å². The molecule has 2 N–H and O–H groups in total. The van der Waals surface area contributed by atoms with E-state index in [9.17, 15) is 18.4 Å². The van der Waals surface area contributed by atoms with E-state index in [0.29, 0.717) is 18.7 Å². The number of hydrogen-bond donors (Lipinski definition) is 2. The lowest BCUT2D eigenvalue weighted by atomic mass is 10.2. The predicted molar refractivity (Wildman–Crippen MR) is 85.7 cm³/mol. The number of amides is 3. The summed E-state index contributed by atoms with van der Waals surface area (Å²) in [5.74, 6) is -1.23. The van der Waals surface area contributed by atoms with Gasteiger partial charge in [0.15, 0.2) is 0 Å². The van der Waals surface area contributed by atoms with Gasteiger partial charge in [-0.2, -0.15) is 0 Å². The molecule has 1 atom stereocenters. The number of carbonyl (C=O) groups excluding carboxylic acids is 2. The minimum absolute atomic E-state index is 0.0378. The summed E-state index contributed by atoms with van der Waals surface area (Å²) < 4.78 is 26.5. The van der Waals surface area contributed by atoms with Crippen LogP contribution in [0.4, 0.5) is 25.0 Å². The van der Waals surface area contributed by atoms with Gasteiger partial charge in [0.1, 0.15) is 17.7 Å². The second-order valence-corrected chi connectivity index (χ2v) is 5.39. The molecule has 2 aromatic rings. The number of benzene rings is 2. The van der Waals surface area contributed by atoms with Crippen LogP contribution in [0.1, 0.15) is 6.42 Å². The standard InChI is InChI=1S/C17H15F2N3O2/c18-11-5-7-12(8-6-11)22-10-9-15(16(22)23)21-17(24)20-14-4-2-1-3-13(14)19/h1-8,15H,9-10H2,(H2,20,21,24)/t15-/m0/s1. The van der Waals surface area contributed by atoms with Crippen LogP contribution in [-0.2, 0) is 4.79 Å². The molecule has 1 aliphatic heterocycles. The van der Waals surface area contributed by atoms with Gasteiger partial charge in [0.2, 0.25) is 5.91 Å². The molecule has 3 amide bonds. The van der Waals surface area contributed by atoms with Crippen molar-refractivity contribution in [1.29, 1.82) is 0 Å². The Hall–Kier alpha value is -2.96. The molecule has 1 fully saturated rings. The highest BCUT2D eigenvalue weighted by Crippen LogP contribution is 2.22. The Morgan fingerprint density at radius 3 is 2.50 bits per heavy atom. The third-order valence-electron chi connectivity index (χ3n) is 3.77. The molecule has 0 aromatic heterocycles. The molecule has 0 spiro atoms. The SMILES string of the molecule is O=C(Nc1ccccc1F)N[C@H]1CCN(c2ccc(F)cc2)C1=O. The van der Waals surface area contributed by atoms with Gasteiger partial charge in [-0.15, -0.1) is 0 Å². The molecule has 0 aliphatic carbocycles. The fraction of sp³-hybridized carbons (Fsp3) is 0.176. The van der Waals surface area contributed by atoms with Crippen LogP contribution in [-0.4, -0.2) is 24.5 Å². The van der Waals surface area contributed by atoms with Gasteiger partial charge in [-0.3, -0.25) is 4.79 Å². The minimum Gasteiger partial charge on any atom is -0.326 e. The lowest BCUT2D eigenvalue weighted by Gasteiger charge is -2.17. The van der Waals surface area contributed by atoms with Crippen molar-refractivity contribution in [3.63, 3.8) is 0 Å². The average Bonchev–Trinajstić information content (AvgIpc) is 2.91. The van der Waals surface area contributed by atoms with Crippen LogP contribution >= 0.6 is 0 Å². The summed E-state index contributed by atoms with van der Waals surface area (Å²) in [6.07, 6.45) is 0.418. The third kappa shape index (κ3) is 3.34. The van der Waals surface area contributed by atoms with Crippen molar-refractivity contribution in [2.75, 3.05) is 16.8 Å². The van der Waals surface area contributed by atoms with E-state index >= 15 is 0 Å². The van der Waals surface area contributed by atoms with Crippen LogP contribution in [0.5, 0.6) is 0 Å². The van der Waals surface area contributed by atoms with Gasteiger partial charge >= 0.3 is 6.03 Å². The monoisotopic (exact) mass is 331 g/mol. The molecule has 24 heavy (non-hydrogen) atoms. The topological polar surface area (TPSA) is 61.4 Å². The van der Waals surface area contributed by atoms with Gasteiger partial charge in [0.05, 0.1) is 5.69 Å². The highest BCUT2D eigenvalue weighted by atomic mass is 19.1. The zero-order valence-corrected chi connectivity index (χ0v) is 12.6. The van der Waals surface area contributed by atoms with Gasteiger partial charge in [-0.25, -0.2) is 13.6 Å². The maximum atomic E-state index is 13.5. The first-order valence-electron chi connectivity index (χ1n) is 7.43. The number of carbonyl (C=O) groups is 2. The molecule has 0 saturated carbocycles. The van der Waals surface area contributed by atoms with Gasteiger partial charge in [-0.1, -0.05) is 12.1 Å². The van der Waals surface area contributed by atoms with Crippen molar-refractivity contribution in [2.45, 2.75) is 12.5 Å². The Kier molecular flexibility index (Phi) is 4.41. The predicted octanol–water partition coefficient (Wildman–Crippen LogP) is 2.89. The molecule has 7 heteroatoms. The highest BCUT2D eigenvalue weighted by molar-refractivity contribution is 6.02. The van der Waals surface area contributed by atoms with E-state index < -0.39 is 17.9 Å². The van der Waals surface area contributed by atoms with Crippen LogP contribution in [0.2, 0.25) is 0 Å². The summed E-state index contributed by atoms with van der Waals surface area (Å²) >= 11 is 0. The van der Waals surface area contributed by atoms with Gasteiger partial charge in [-0.05, 0) is 42.8 Å². The van der Waals surface area contributed by atoms with Crippen LogP contribution in [0.15, 0.2) is 48.5 Å². The summed E-state index contributed by atoms with van der Waals surface area (Å²) in [7, 11) is 0. The fourth-order valence-corrected chi connectivity index (χ4v) is 2.57. The van der Waals surface area contributed by atoms with Crippen LogP contribution in [0, 0.1) is 11.6 Å². The number of halogens is 2. The smallest absolute Gasteiger partial charge is 0.319 e. The number of anilines is 2. The van der Waals surface area contributed by atoms with Crippen molar-refractivity contribution in [3.8, 4) is 0 Å². The Labute approximate surface area is 137 Å². The van der Waals surface area contributed by atoms with E-state index in [4.69, 9.17) is 0 Å². The summed E-state index contributed by atoms with van der Waals surface area (Å²) in [5, 5.41) is 4.91. The zero-order valence-electron chi connectivity index (χ0n) is 12.6. The quantitative estimate of drug-likeness (QED) is 0.908. The number of hydrogen-bond acceptors (Lipinski definition) is 2. The Bertz CT molecular complexity index is 765. The van der Waals surface area contributed by atoms with Crippen molar-refractivity contribution in [2.24, 2.45) is 0 Å². The van der Waals surface area contributed by atoms with Crippen molar-refractivity contribution in [1.82, 2.24) is 5.32 Å². The summed E-state index contributed by atoms with van der Waals surface area (Å²) in [4.78, 5) is 25.8. The first kappa shape index (κ1) is 15.9. The van der Waals surface area contributed by atoms with Crippen molar-refractivity contribution >= 4 is 23.3 Å². The largest absolute Gasteiger partial charge is 0.326 e. The third-order valence-corrected chi connectivity index (χ3v) is 3.77. The molecule has 2 aromatic carbocycles. The molecule has 124 valence electrons. The molecule has 1 saturated heterocycles. The van der Waals surface area contributed by atoms with E-state index in [1.165, 1.54) is 47.4 Å². The van der Waals surface area contributed by atoms with Crippen molar-refractivity contribution in [3.05, 3.63) is 60.2 Å². The van der Waals surface area contributed by atoms with E-state index in [0.717, 1.165) is 0 Å². The molecular weight excluding hydrogens is 316 g/mol. The number of rotatable bonds is 3. The summed E-state index contributed by atoms with van der Waals surface area (Å²) in [5.41, 5.74) is 0.607. The molecule has 1 aliphatic rings. The van der Waals surface area contributed by atoms with Crippen LogP contribution in [0.3, 0.4) is 0 Å². The summed E-state index contributed by atoms with van der Waals surface area (Å²) in [6.45, 7) is 0.412. The molecule has 0 unspecified atom stereocenters. The fourth-order valence-electron chi connectivity index (χ4n) is 2.57. The van der Waals surface area contributed by atoms with Crippen molar-refractivity contribution < 1.29 is 18.4 Å². The Morgan fingerprint density at radius 1 is 1.08 bits per heavy atom. The first-order chi connectivity index (χ1) is 11.5.